The van der Waals surface area contributed by atoms with E-state index in [-0.39, 0.29) is 22.3 Å². The molecule has 1 atom stereocenters. The van der Waals surface area contributed by atoms with Gasteiger partial charge in [-0.3, -0.25) is 4.79 Å². The molecule has 0 saturated heterocycles. The fourth-order valence-corrected chi connectivity index (χ4v) is 3.13. The Morgan fingerprint density at radius 2 is 1.95 bits per heavy atom. The molecule has 0 fully saturated rings. The molecule has 102 valence electrons. The molecule has 0 aromatic heterocycles. The summed E-state index contributed by atoms with van der Waals surface area (Å²) in [6, 6.07) is 12.4. The summed E-state index contributed by atoms with van der Waals surface area (Å²) in [5, 5.41) is -0.0689. The SMILES string of the molecule is O=C(c1cccc(F)c1Cl)C1CCCc2ccccc21. The van der Waals surface area contributed by atoms with Gasteiger partial charge in [0.1, 0.15) is 5.82 Å². The number of aryl methyl sites for hydroxylation is 1. The van der Waals surface area contributed by atoms with E-state index in [1.165, 1.54) is 17.7 Å². The van der Waals surface area contributed by atoms with Gasteiger partial charge in [0.2, 0.25) is 0 Å². The number of carbonyl (C=O) groups excluding carboxylic acids is 1. The first-order valence-corrected chi connectivity index (χ1v) is 7.12. The van der Waals surface area contributed by atoms with Crippen LogP contribution in [0, 0.1) is 5.82 Å². The van der Waals surface area contributed by atoms with Crippen LogP contribution in [0.4, 0.5) is 4.39 Å². The summed E-state index contributed by atoms with van der Waals surface area (Å²) >= 11 is 5.94. The van der Waals surface area contributed by atoms with Crippen molar-refractivity contribution in [2.75, 3.05) is 0 Å². The molecule has 0 N–H and O–H groups in total. The highest BCUT2D eigenvalue weighted by atomic mass is 35.5. The van der Waals surface area contributed by atoms with Crippen molar-refractivity contribution >= 4 is 17.4 Å². The van der Waals surface area contributed by atoms with Gasteiger partial charge in [-0.2, -0.15) is 0 Å². The molecular weight excluding hydrogens is 275 g/mol. The summed E-state index contributed by atoms with van der Waals surface area (Å²) in [5.41, 5.74) is 2.56. The number of ketones is 1. The zero-order valence-corrected chi connectivity index (χ0v) is 11.7. The number of Topliss-reactive ketones (excluding diaryl/α,β-unsaturated/α-hetero) is 1. The van der Waals surface area contributed by atoms with Crippen LogP contribution in [-0.4, -0.2) is 5.78 Å². The highest BCUT2D eigenvalue weighted by molar-refractivity contribution is 6.34. The van der Waals surface area contributed by atoms with Gasteiger partial charge in [-0.05, 0) is 42.5 Å². The van der Waals surface area contributed by atoms with Crippen LogP contribution >= 0.6 is 11.6 Å². The number of carbonyl (C=O) groups is 1. The summed E-state index contributed by atoms with van der Waals surface area (Å²) in [4.78, 5) is 12.7. The zero-order valence-electron chi connectivity index (χ0n) is 10.9. The van der Waals surface area contributed by atoms with Crippen LogP contribution in [0.3, 0.4) is 0 Å². The first-order chi connectivity index (χ1) is 9.68. The predicted molar refractivity (Wildman–Crippen MR) is 77.9 cm³/mol. The minimum absolute atomic E-state index is 0.0689. The summed E-state index contributed by atoms with van der Waals surface area (Å²) in [5.74, 6) is -0.831. The van der Waals surface area contributed by atoms with Crippen LogP contribution < -0.4 is 0 Å². The topological polar surface area (TPSA) is 17.1 Å². The van der Waals surface area contributed by atoms with Crippen molar-refractivity contribution in [3.05, 3.63) is 70.0 Å². The van der Waals surface area contributed by atoms with Gasteiger partial charge in [0.15, 0.2) is 5.78 Å². The molecule has 0 bridgehead atoms. The van der Waals surface area contributed by atoms with E-state index in [0.29, 0.717) is 0 Å². The lowest BCUT2D eigenvalue weighted by atomic mass is 9.79. The van der Waals surface area contributed by atoms with Gasteiger partial charge in [-0.15, -0.1) is 0 Å². The molecule has 2 aromatic carbocycles. The maximum Gasteiger partial charge on any atom is 0.171 e. The average Bonchev–Trinajstić information content (AvgIpc) is 2.49. The lowest BCUT2D eigenvalue weighted by molar-refractivity contribution is 0.0950. The third-order valence-corrected chi connectivity index (χ3v) is 4.29. The van der Waals surface area contributed by atoms with Crippen LogP contribution in [0.1, 0.15) is 40.2 Å². The minimum atomic E-state index is -0.540. The Hall–Kier alpha value is -1.67. The van der Waals surface area contributed by atoms with Crippen LogP contribution in [0.5, 0.6) is 0 Å². The van der Waals surface area contributed by atoms with Crippen molar-refractivity contribution in [3.63, 3.8) is 0 Å². The molecular formula is C17H14ClFO. The Labute approximate surface area is 122 Å². The Balaban J connectivity index is 2.02. The minimum Gasteiger partial charge on any atom is -0.293 e. The zero-order chi connectivity index (χ0) is 14.1. The van der Waals surface area contributed by atoms with Crippen molar-refractivity contribution < 1.29 is 9.18 Å². The summed E-state index contributed by atoms with van der Waals surface area (Å²) in [6.07, 6.45) is 2.76. The third kappa shape index (κ3) is 2.25. The normalized spacial score (nSPS) is 17.6. The first kappa shape index (κ1) is 13.3. The van der Waals surface area contributed by atoms with Crippen molar-refractivity contribution in [3.8, 4) is 0 Å². The maximum absolute atomic E-state index is 13.5. The molecule has 0 saturated carbocycles. The van der Waals surface area contributed by atoms with Crippen LogP contribution in [0.15, 0.2) is 42.5 Å². The van der Waals surface area contributed by atoms with Crippen molar-refractivity contribution in [2.24, 2.45) is 0 Å². The van der Waals surface area contributed by atoms with E-state index in [0.717, 1.165) is 24.8 Å². The summed E-state index contributed by atoms with van der Waals surface area (Å²) in [6.45, 7) is 0. The second-order valence-corrected chi connectivity index (χ2v) is 5.49. The maximum atomic E-state index is 13.5. The fraction of sp³-hybridized carbons (Fsp3) is 0.235. The molecule has 1 aliphatic rings. The molecule has 0 aliphatic heterocycles. The number of benzene rings is 2. The lowest BCUT2D eigenvalue weighted by Gasteiger charge is -2.24. The molecule has 3 rings (SSSR count). The van der Waals surface area contributed by atoms with E-state index in [2.05, 4.69) is 6.07 Å². The van der Waals surface area contributed by atoms with E-state index in [1.807, 2.05) is 18.2 Å². The van der Waals surface area contributed by atoms with Crippen LogP contribution in [-0.2, 0) is 6.42 Å². The Morgan fingerprint density at radius 3 is 2.80 bits per heavy atom. The number of fused-ring (bicyclic) bond motifs is 1. The molecule has 1 unspecified atom stereocenters. The largest absolute Gasteiger partial charge is 0.293 e. The van der Waals surface area contributed by atoms with Crippen molar-refractivity contribution in [1.29, 1.82) is 0 Å². The van der Waals surface area contributed by atoms with Gasteiger partial charge in [0, 0.05) is 11.5 Å². The highest BCUT2D eigenvalue weighted by Gasteiger charge is 2.28. The lowest BCUT2D eigenvalue weighted by Crippen LogP contribution is -2.19. The van der Waals surface area contributed by atoms with Gasteiger partial charge >= 0.3 is 0 Å². The van der Waals surface area contributed by atoms with E-state index in [1.54, 1.807) is 6.07 Å². The molecule has 0 amide bonds. The second kappa shape index (κ2) is 5.37. The summed E-state index contributed by atoms with van der Waals surface area (Å²) in [7, 11) is 0. The number of rotatable bonds is 2. The van der Waals surface area contributed by atoms with Crippen LogP contribution in [0.25, 0.3) is 0 Å². The highest BCUT2D eigenvalue weighted by Crippen LogP contribution is 2.35. The monoisotopic (exact) mass is 288 g/mol. The Morgan fingerprint density at radius 1 is 1.15 bits per heavy atom. The van der Waals surface area contributed by atoms with Crippen molar-refractivity contribution in [1.82, 2.24) is 0 Å². The Kier molecular flexibility index (Phi) is 3.58. The fourth-order valence-electron chi connectivity index (χ4n) is 2.91. The molecule has 1 nitrogen and oxygen atoms in total. The van der Waals surface area contributed by atoms with E-state index < -0.39 is 5.82 Å². The van der Waals surface area contributed by atoms with Gasteiger partial charge in [-0.25, -0.2) is 4.39 Å². The second-order valence-electron chi connectivity index (χ2n) is 5.11. The van der Waals surface area contributed by atoms with E-state index in [4.69, 9.17) is 11.6 Å². The van der Waals surface area contributed by atoms with E-state index >= 15 is 0 Å². The molecule has 0 heterocycles. The van der Waals surface area contributed by atoms with Gasteiger partial charge in [-0.1, -0.05) is 41.9 Å². The smallest absolute Gasteiger partial charge is 0.171 e. The molecule has 2 aromatic rings. The number of hydrogen-bond donors (Lipinski definition) is 0. The van der Waals surface area contributed by atoms with Crippen LogP contribution in [0.2, 0.25) is 5.02 Å². The summed E-state index contributed by atoms with van der Waals surface area (Å²) < 4.78 is 13.5. The van der Waals surface area contributed by atoms with Gasteiger partial charge in [0.05, 0.1) is 5.02 Å². The van der Waals surface area contributed by atoms with Gasteiger partial charge in [0.25, 0.3) is 0 Å². The molecule has 3 heteroatoms. The number of halogens is 2. The molecule has 0 radical (unpaired) electrons. The molecule has 20 heavy (non-hydrogen) atoms. The van der Waals surface area contributed by atoms with E-state index in [9.17, 15) is 9.18 Å². The first-order valence-electron chi connectivity index (χ1n) is 6.74. The molecule has 0 spiro atoms. The number of hydrogen-bond acceptors (Lipinski definition) is 1. The molecule has 1 aliphatic carbocycles. The Bertz CT molecular complexity index is 666. The predicted octanol–water partition coefficient (Wildman–Crippen LogP) is 4.78. The quantitative estimate of drug-likeness (QED) is 0.727. The third-order valence-electron chi connectivity index (χ3n) is 3.90. The average molecular weight is 289 g/mol. The van der Waals surface area contributed by atoms with Crippen molar-refractivity contribution in [2.45, 2.75) is 25.2 Å². The van der Waals surface area contributed by atoms with Gasteiger partial charge < -0.3 is 0 Å². The standard InChI is InChI=1S/C17H14ClFO/c18-16-14(9-4-10-15(16)19)17(20)13-8-3-6-11-5-1-2-7-12(11)13/h1-2,4-5,7,9-10,13H,3,6,8H2.